The number of fused-ring (bicyclic) bond motifs is 1. The highest BCUT2D eigenvalue weighted by Gasteiger charge is 2.22. The predicted octanol–water partition coefficient (Wildman–Crippen LogP) is 7.07. The number of ketones is 1. The third-order valence-electron chi connectivity index (χ3n) is 5.99. The maximum Gasteiger partial charge on any atom is 0.328 e. The Labute approximate surface area is 176 Å². The van der Waals surface area contributed by atoms with Gasteiger partial charge in [-0.1, -0.05) is 89.7 Å². The number of rotatable bonds is 14. The number of Topliss-reactive ketones (excluding diaryl/α,β-unsaturated/α-hetero) is 1. The Morgan fingerprint density at radius 1 is 0.897 bits per heavy atom. The van der Waals surface area contributed by atoms with E-state index in [-0.39, 0.29) is 5.78 Å². The minimum atomic E-state index is -1.04. The van der Waals surface area contributed by atoms with E-state index in [0.29, 0.717) is 17.6 Å². The fraction of sp³-hybridized carbons (Fsp3) is 0.615. The van der Waals surface area contributed by atoms with Crippen molar-refractivity contribution in [1.82, 2.24) is 0 Å². The van der Waals surface area contributed by atoms with Gasteiger partial charge in [0.05, 0.1) is 0 Å². The Hall–Kier alpha value is -1.90. The molecule has 0 saturated heterocycles. The van der Waals surface area contributed by atoms with Crippen LogP contribution in [0, 0.1) is 0 Å². The highest BCUT2D eigenvalue weighted by molar-refractivity contribution is 6.12. The highest BCUT2D eigenvalue weighted by atomic mass is 16.4. The fourth-order valence-electron chi connectivity index (χ4n) is 4.22. The number of carboxylic acid groups (broad SMARTS) is 1. The first-order valence-electron chi connectivity index (χ1n) is 11.7. The second kappa shape index (κ2) is 13.3. The number of benzene rings is 1. The van der Waals surface area contributed by atoms with Crippen molar-refractivity contribution >= 4 is 11.8 Å². The average Bonchev–Trinajstić information content (AvgIpc) is 2.71. The summed E-state index contributed by atoms with van der Waals surface area (Å²) < 4.78 is 0. The van der Waals surface area contributed by atoms with Crippen LogP contribution < -0.4 is 0 Å². The second-order valence-electron chi connectivity index (χ2n) is 8.47. The molecule has 29 heavy (non-hydrogen) atoms. The number of allylic oxidation sites excluding steroid dienone is 1. The zero-order chi connectivity index (χ0) is 20.9. The van der Waals surface area contributed by atoms with E-state index >= 15 is 0 Å². The molecule has 1 aromatic carbocycles. The third-order valence-corrected chi connectivity index (χ3v) is 5.99. The first-order valence-corrected chi connectivity index (χ1v) is 11.7. The lowest BCUT2D eigenvalue weighted by Gasteiger charge is -2.18. The molecule has 0 fully saturated rings. The molecule has 0 saturated carbocycles. The summed E-state index contributed by atoms with van der Waals surface area (Å²) in [4.78, 5) is 23.5. The zero-order valence-corrected chi connectivity index (χ0v) is 18.2. The van der Waals surface area contributed by atoms with E-state index in [1.54, 1.807) is 0 Å². The first-order chi connectivity index (χ1) is 14.1. The van der Waals surface area contributed by atoms with Crippen LogP contribution in [0.5, 0.6) is 0 Å². The van der Waals surface area contributed by atoms with Gasteiger partial charge in [0, 0.05) is 17.2 Å². The molecule has 1 aliphatic carbocycles. The maximum atomic E-state index is 12.5. The minimum Gasteiger partial charge on any atom is -0.478 e. The summed E-state index contributed by atoms with van der Waals surface area (Å²) in [6, 6.07) is 6.18. The molecule has 160 valence electrons. The van der Waals surface area contributed by atoms with E-state index < -0.39 is 5.97 Å². The number of aryl methyl sites for hydroxylation is 2. The van der Waals surface area contributed by atoms with Crippen molar-refractivity contribution in [2.75, 3.05) is 0 Å². The maximum absolute atomic E-state index is 12.5. The number of hydrogen-bond acceptors (Lipinski definition) is 2. The fourth-order valence-corrected chi connectivity index (χ4v) is 4.22. The van der Waals surface area contributed by atoms with E-state index in [1.165, 1.54) is 76.2 Å². The lowest BCUT2D eigenvalue weighted by Crippen LogP contribution is -2.15. The lowest BCUT2D eigenvalue weighted by atomic mass is 9.85. The molecule has 0 aliphatic heterocycles. The van der Waals surface area contributed by atoms with Crippen molar-refractivity contribution in [3.8, 4) is 0 Å². The van der Waals surface area contributed by atoms with Gasteiger partial charge in [0.25, 0.3) is 0 Å². The number of hydrogen-bond donors (Lipinski definition) is 1. The number of carboxylic acids is 1. The summed E-state index contributed by atoms with van der Waals surface area (Å²) in [6.45, 7) is 2.26. The average molecular weight is 399 g/mol. The molecule has 2 rings (SSSR count). The van der Waals surface area contributed by atoms with E-state index in [0.717, 1.165) is 30.9 Å². The van der Waals surface area contributed by atoms with Crippen LogP contribution in [0.25, 0.3) is 0 Å². The van der Waals surface area contributed by atoms with Gasteiger partial charge in [0.2, 0.25) is 0 Å². The standard InChI is InChI=1S/C26H38O3/c1-2-3-4-5-6-7-8-9-10-11-12-13-14-21-15-16-22-17-18-23(20-25(27)28)26(29)24(22)19-21/h15-16,19-20H,2-14,17-18H2,1H3,(H,27,28)/b23-20+. The van der Waals surface area contributed by atoms with Crippen LogP contribution in [0.3, 0.4) is 0 Å². The molecule has 0 heterocycles. The van der Waals surface area contributed by atoms with Gasteiger partial charge in [-0.05, 0) is 42.9 Å². The second-order valence-corrected chi connectivity index (χ2v) is 8.47. The van der Waals surface area contributed by atoms with E-state index in [4.69, 9.17) is 5.11 Å². The van der Waals surface area contributed by atoms with Crippen molar-refractivity contribution in [2.24, 2.45) is 0 Å². The predicted molar refractivity (Wildman–Crippen MR) is 120 cm³/mol. The summed E-state index contributed by atoms with van der Waals surface area (Å²) in [6.07, 6.45) is 19.4. The molecule has 3 heteroatoms. The van der Waals surface area contributed by atoms with Crippen LogP contribution in [-0.4, -0.2) is 16.9 Å². The van der Waals surface area contributed by atoms with E-state index in [1.807, 2.05) is 6.07 Å². The lowest BCUT2D eigenvalue weighted by molar-refractivity contribution is -0.131. The van der Waals surface area contributed by atoms with Crippen LogP contribution in [0.1, 0.15) is 112 Å². The van der Waals surface area contributed by atoms with E-state index in [9.17, 15) is 9.59 Å². The third kappa shape index (κ3) is 8.55. The van der Waals surface area contributed by atoms with Crippen molar-refractivity contribution in [3.63, 3.8) is 0 Å². The summed E-state index contributed by atoms with van der Waals surface area (Å²) in [7, 11) is 0. The molecule has 3 nitrogen and oxygen atoms in total. The van der Waals surface area contributed by atoms with Gasteiger partial charge in [-0.2, -0.15) is 0 Å². The van der Waals surface area contributed by atoms with E-state index in [2.05, 4.69) is 19.1 Å². The quantitative estimate of drug-likeness (QED) is 0.269. The number of unbranched alkanes of at least 4 members (excludes halogenated alkanes) is 11. The van der Waals surface area contributed by atoms with Crippen molar-refractivity contribution in [1.29, 1.82) is 0 Å². The molecule has 0 radical (unpaired) electrons. The molecule has 1 N–H and O–H groups in total. The number of aliphatic carboxylic acids is 1. The molecule has 0 atom stereocenters. The highest BCUT2D eigenvalue weighted by Crippen LogP contribution is 2.26. The summed E-state index contributed by atoms with van der Waals surface area (Å²) in [5.74, 6) is -1.14. The van der Waals surface area contributed by atoms with Crippen LogP contribution in [0.2, 0.25) is 0 Å². The van der Waals surface area contributed by atoms with Crippen LogP contribution in [-0.2, 0) is 17.6 Å². The van der Waals surface area contributed by atoms with Gasteiger partial charge in [-0.25, -0.2) is 4.79 Å². The largest absolute Gasteiger partial charge is 0.478 e. The normalized spacial score (nSPS) is 14.9. The monoisotopic (exact) mass is 398 g/mol. The topological polar surface area (TPSA) is 54.4 Å². The summed E-state index contributed by atoms with van der Waals surface area (Å²) >= 11 is 0. The van der Waals surface area contributed by atoms with Crippen molar-refractivity contribution in [2.45, 2.75) is 103 Å². The van der Waals surface area contributed by atoms with Crippen molar-refractivity contribution < 1.29 is 14.7 Å². The van der Waals surface area contributed by atoms with Crippen LogP contribution >= 0.6 is 0 Å². The molecule has 0 amide bonds. The molecule has 0 bridgehead atoms. The van der Waals surface area contributed by atoms with Gasteiger partial charge < -0.3 is 5.11 Å². The van der Waals surface area contributed by atoms with Crippen LogP contribution in [0.15, 0.2) is 29.8 Å². The Kier molecular flexibility index (Phi) is 10.8. The summed E-state index contributed by atoms with van der Waals surface area (Å²) in [5.41, 5.74) is 3.38. The number of carbonyl (C=O) groups is 2. The van der Waals surface area contributed by atoms with Gasteiger partial charge in [-0.3, -0.25) is 4.79 Å². The van der Waals surface area contributed by atoms with Crippen molar-refractivity contribution in [3.05, 3.63) is 46.5 Å². The molecule has 1 aromatic rings. The Morgan fingerprint density at radius 2 is 1.48 bits per heavy atom. The van der Waals surface area contributed by atoms with Crippen LogP contribution in [0.4, 0.5) is 0 Å². The van der Waals surface area contributed by atoms with Gasteiger partial charge in [-0.15, -0.1) is 0 Å². The SMILES string of the molecule is CCCCCCCCCCCCCCc1ccc2c(c1)C(=O)/C(=C/C(=O)O)CC2. The molecular weight excluding hydrogens is 360 g/mol. The van der Waals surface area contributed by atoms with Gasteiger partial charge in [0.1, 0.15) is 0 Å². The molecule has 0 unspecified atom stereocenters. The Morgan fingerprint density at radius 3 is 2.07 bits per heavy atom. The zero-order valence-electron chi connectivity index (χ0n) is 18.2. The Balaban J connectivity index is 1.63. The first kappa shape index (κ1) is 23.4. The van der Waals surface area contributed by atoms with Gasteiger partial charge >= 0.3 is 5.97 Å². The number of carbonyl (C=O) groups excluding carboxylic acids is 1. The molecule has 1 aliphatic rings. The Bertz CT molecular complexity index is 687. The molecular formula is C26H38O3. The smallest absolute Gasteiger partial charge is 0.328 e. The van der Waals surface area contributed by atoms with Gasteiger partial charge in [0.15, 0.2) is 5.78 Å². The molecule has 0 aromatic heterocycles. The minimum absolute atomic E-state index is 0.106. The molecule has 0 spiro atoms. The summed E-state index contributed by atoms with van der Waals surface area (Å²) in [5, 5.41) is 8.94.